The minimum Gasteiger partial charge on any atom is -0.373 e. The molecule has 2 heterocycles. The number of likely N-dealkylation sites (tertiary alicyclic amines) is 1. The Balaban J connectivity index is 0.00000240. The van der Waals surface area contributed by atoms with E-state index in [9.17, 15) is 0 Å². The molecule has 29 heavy (non-hydrogen) atoms. The van der Waals surface area contributed by atoms with E-state index in [0.717, 1.165) is 38.7 Å². The van der Waals surface area contributed by atoms with Gasteiger partial charge in [0.1, 0.15) is 0 Å². The van der Waals surface area contributed by atoms with Crippen molar-refractivity contribution in [3.8, 4) is 0 Å². The zero-order valence-corrected chi connectivity index (χ0v) is 20.5. The van der Waals surface area contributed by atoms with Crippen molar-refractivity contribution in [1.82, 2.24) is 15.1 Å². The lowest BCUT2D eigenvalue weighted by Gasteiger charge is -2.38. The first-order valence-electron chi connectivity index (χ1n) is 11.0. The Morgan fingerprint density at radius 2 is 1.83 bits per heavy atom. The Morgan fingerprint density at radius 1 is 1.14 bits per heavy atom. The molecule has 0 aromatic heterocycles. The molecule has 1 saturated carbocycles. The molecule has 4 rings (SSSR count). The Bertz CT molecular complexity index is 696. The van der Waals surface area contributed by atoms with Gasteiger partial charge in [-0.05, 0) is 49.7 Å². The molecule has 1 N–H and O–H groups in total. The highest BCUT2D eigenvalue weighted by molar-refractivity contribution is 14.0. The summed E-state index contributed by atoms with van der Waals surface area (Å²) in [6.45, 7) is 10.5. The molecule has 2 saturated heterocycles. The number of halogens is 1. The molecule has 2 aliphatic heterocycles. The van der Waals surface area contributed by atoms with Gasteiger partial charge in [0.15, 0.2) is 5.96 Å². The average molecular weight is 512 g/mol. The summed E-state index contributed by atoms with van der Waals surface area (Å²) < 4.78 is 5.89. The Labute approximate surface area is 193 Å². The summed E-state index contributed by atoms with van der Waals surface area (Å²) >= 11 is 0. The molecule has 0 radical (unpaired) electrons. The first-order valence-corrected chi connectivity index (χ1v) is 11.0. The van der Waals surface area contributed by atoms with Crippen LogP contribution in [-0.2, 0) is 17.8 Å². The van der Waals surface area contributed by atoms with Gasteiger partial charge in [0, 0.05) is 46.3 Å². The number of hydrogen-bond acceptors (Lipinski definition) is 3. The molecule has 5 nitrogen and oxygen atoms in total. The van der Waals surface area contributed by atoms with E-state index in [1.807, 2.05) is 7.05 Å². The number of nitrogens with one attached hydrogen (secondary N) is 1. The van der Waals surface area contributed by atoms with Gasteiger partial charge in [-0.25, -0.2) is 0 Å². The number of nitrogens with zero attached hydrogens (tertiary/aromatic N) is 3. The second-order valence-electron chi connectivity index (χ2n) is 9.15. The number of aliphatic imine (C=N–C) groups is 1. The van der Waals surface area contributed by atoms with Gasteiger partial charge in [0.2, 0.25) is 0 Å². The minimum atomic E-state index is 0. The molecule has 1 aliphatic carbocycles. The third kappa shape index (κ3) is 5.44. The molecule has 2 unspecified atom stereocenters. The summed E-state index contributed by atoms with van der Waals surface area (Å²) in [5.41, 5.74) is 3.37. The van der Waals surface area contributed by atoms with E-state index < -0.39 is 0 Å². The van der Waals surface area contributed by atoms with Gasteiger partial charge in [0.05, 0.1) is 12.2 Å². The number of rotatable bonds is 4. The normalized spacial score (nSPS) is 26.9. The highest BCUT2D eigenvalue weighted by Gasteiger charge is 2.43. The lowest BCUT2D eigenvalue weighted by Crippen LogP contribution is -2.45. The van der Waals surface area contributed by atoms with E-state index in [4.69, 9.17) is 4.74 Å². The number of hydrogen-bond donors (Lipinski definition) is 1. The van der Waals surface area contributed by atoms with Crippen molar-refractivity contribution in [3.63, 3.8) is 0 Å². The van der Waals surface area contributed by atoms with E-state index in [0.29, 0.717) is 17.6 Å². The van der Waals surface area contributed by atoms with Gasteiger partial charge in [-0.1, -0.05) is 30.7 Å². The first-order chi connectivity index (χ1) is 13.6. The second-order valence-corrected chi connectivity index (χ2v) is 9.15. The summed E-state index contributed by atoms with van der Waals surface area (Å²) in [4.78, 5) is 9.57. The molecule has 0 amide bonds. The molecular weight excluding hydrogens is 475 g/mol. The van der Waals surface area contributed by atoms with Gasteiger partial charge < -0.3 is 15.0 Å². The summed E-state index contributed by atoms with van der Waals surface area (Å²) in [5, 5.41) is 3.64. The molecular formula is C23H37IN4O. The minimum absolute atomic E-state index is 0. The zero-order valence-electron chi connectivity index (χ0n) is 18.2. The van der Waals surface area contributed by atoms with Crippen LogP contribution in [-0.4, -0.2) is 61.2 Å². The van der Waals surface area contributed by atoms with Crippen molar-refractivity contribution in [2.75, 3.05) is 33.2 Å². The maximum Gasteiger partial charge on any atom is 0.193 e. The van der Waals surface area contributed by atoms with Crippen molar-refractivity contribution in [2.45, 2.75) is 64.8 Å². The third-order valence-electron chi connectivity index (χ3n) is 6.81. The fraction of sp³-hybridized carbons (Fsp3) is 0.696. The Morgan fingerprint density at radius 3 is 2.41 bits per heavy atom. The topological polar surface area (TPSA) is 40.1 Å². The second kappa shape index (κ2) is 9.96. The summed E-state index contributed by atoms with van der Waals surface area (Å²) in [7, 11) is 1.91. The third-order valence-corrected chi connectivity index (χ3v) is 6.81. The van der Waals surface area contributed by atoms with Crippen molar-refractivity contribution < 1.29 is 4.74 Å². The number of ether oxygens (including phenoxy) is 1. The van der Waals surface area contributed by atoms with Crippen LogP contribution in [0.5, 0.6) is 0 Å². The van der Waals surface area contributed by atoms with E-state index in [1.165, 1.54) is 43.4 Å². The van der Waals surface area contributed by atoms with Crippen LogP contribution in [0.2, 0.25) is 0 Å². The quantitative estimate of drug-likeness (QED) is 0.378. The van der Waals surface area contributed by atoms with Crippen LogP contribution in [0.25, 0.3) is 0 Å². The Kier molecular flexibility index (Phi) is 7.84. The predicted octanol–water partition coefficient (Wildman–Crippen LogP) is 3.87. The molecule has 162 valence electrons. The molecule has 0 bridgehead atoms. The van der Waals surface area contributed by atoms with Crippen LogP contribution in [0, 0.1) is 5.41 Å². The zero-order chi connectivity index (χ0) is 19.6. The smallest absolute Gasteiger partial charge is 0.193 e. The highest BCUT2D eigenvalue weighted by atomic mass is 127. The number of morpholine rings is 1. The predicted molar refractivity (Wildman–Crippen MR) is 130 cm³/mol. The molecule has 3 fully saturated rings. The van der Waals surface area contributed by atoms with Gasteiger partial charge in [-0.2, -0.15) is 0 Å². The van der Waals surface area contributed by atoms with E-state index in [2.05, 4.69) is 58.2 Å². The molecule has 1 spiro atoms. The van der Waals surface area contributed by atoms with Crippen LogP contribution in [0.3, 0.4) is 0 Å². The lowest BCUT2D eigenvalue weighted by atomic mass is 9.68. The van der Waals surface area contributed by atoms with E-state index >= 15 is 0 Å². The standard InChI is InChI=1S/C23H36N4O.HI/c1-18-14-26(15-19(2)28-18)16-21-8-5-4-7-20(21)13-25-22(24-3)27-12-11-23(17-27)9-6-10-23;/h4-5,7-8,18-19H,6,9-17H2,1-3H3,(H,24,25);1H. The lowest BCUT2D eigenvalue weighted by molar-refractivity contribution is -0.0705. The molecule has 3 aliphatic rings. The largest absolute Gasteiger partial charge is 0.373 e. The van der Waals surface area contributed by atoms with Gasteiger partial charge >= 0.3 is 0 Å². The Hall–Kier alpha value is -0.860. The maximum absolute atomic E-state index is 5.89. The average Bonchev–Trinajstić information content (AvgIpc) is 3.09. The van der Waals surface area contributed by atoms with Crippen molar-refractivity contribution in [2.24, 2.45) is 10.4 Å². The van der Waals surface area contributed by atoms with E-state index in [1.54, 1.807) is 0 Å². The molecule has 6 heteroatoms. The van der Waals surface area contributed by atoms with Crippen molar-refractivity contribution >= 4 is 29.9 Å². The fourth-order valence-corrected chi connectivity index (χ4v) is 5.25. The fourth-order valence-electron chi connectivity index (χ4n) is 5.25. The van der Waals surface area contributed by atoms with E-state index in [-0.39, 0.29) is 24.0 Å². The van der Waals surface area contributed by atoms with Gasteiger partial charge in [0.25, 0.3) is 0 Å². The number of benzene rings is 1. The highest BCUT2D eigenvalue weighted by Crippen LogP contribution is 2.47. The summed E-state index contributed by atoms with van der Waals surface area (Å²) in [5.74, 6) is 1.06. The van der Waals surface area contributed by atoms with Gasteiger partial charge in [-0.3, -0.25) is 9.89 Å². The van der Waals surface area contributed by atoms with Crippen LogP contribution in [0.15, 0.2) is 29.3 Å². The van der Waals surface area contributed by atoms with Crippen LogP contribution >= 0.6 is 24.0 Å². The molecule has 1 aromatic rings. The van der Waals surface area contributed by atoms with Crippen LogP contribution in [0.1, 0.15) is 50.7 Å². The van der Waals surface area contributed by atoms with Gasteiger partial charge in [-0.15, -0.1) is 24.0 Å². The first kappa shape index (κ1) is 22.8. The summed E-state index contributed by atoms with van der Waals surface area (Å²) in [6.07, 6.45) is 6.16. The molecule has 2 atom stereocenters. The van der Waals surface area contributed by atoms with Crippen LogP contribution < -0.4 is 5.32 Å². The SMILES string of the molecule is CN=C(NCc1ccccc1CN1CC(C)OC(C)C1)N1CCC2(CCC2)C1.I. The van der Waals surface area contributed by atoms with Crippen molar-refractivity contribution in [1.29, 1.82) is 0 Å². The number of guanidine groups is 1. The van der Waals surface area contributed by atoms with Crippen molar-refractivity contribution in [3.05, 3.63) is 35.4 Å². The maximum atomic E-state index is 5.89. The monoisotopic (exact) mass is 512 g/mol. The molecule has 1 aromatic carbocycles. The van der Waals surface area contributed by atoms with Crippen LogP contribution in [0.4, 0.5) is 0 Å². The summed E-state index contributed by atoms with van der Waals surface area (Å²) in [6, 6.07) is 8.82.